The number of nitrogens with zero attached hydrogens (tertiary/aromatic N) is 1. The summed E-state index contributed by atoms with van der Waals surface area (Å²) in [4.78, 5) is 2.88. The van der Waals surface area contributed by atoms with Crippen LogP contribution in [-0.2, 0) is 0 Å². The van der Waals surface area contributed by atoms with Crippen LogP contribution in [0.5, 0.6) is 0 Å². The summed E-state index contributed by atoms with van der Waals surface area (Å²) in [7, 11) is 0. The number of nitrogens with one attached hydrogen (secondary N) is 1. The Kier molecular flexibility index (Phi) is 5.30. The Hall–Kier alpha value is -0.0800. The first-order chi connectivity index (χ1) is 9.05. The summed E-state index contributed by atoms with van der Waals surface area (Å²) in [6.45, 7) is 12.1. The molecule has 1 saturated carbocycles. The first-order valence-corrected chi connectivity index (χ1v) is 8.55. The largest absolute Gasteiger partial charge is 0.311 e. The van der Waals surface area contributed by atoms with Gasteiger partial charge in [-0.15, -0.1) is 0 Å². The van der Waals surface area contributed by atoms with Crippen molar-refractivity contribution in [3.05, 3.63) is 0 Å². The Morgan fingerprint density at radius 1 is 1.21 bits per heavy atom. The minimum atomic E-state index is 0.482. The third kappa shape index (κ3) is 3.72. The molecular formula is C17H34N2. The fraction of sp³-hybridized carbons (Fsp3) is 1.00. The van der Waals surface area contributed by atoms with Gasteiger partial charge in [0.2, 0.25) is 0 Å². The van der Waals surface area contributed by atoms with Crippen molar-refractivity contribution in [1.29, 1.82) is 0 Å². The summed E-state index contributed by atoms with van der Waals surface area (Å²) in [5.41, 5.74) is 0.482. The molecule has 1 heterocycles. The second-order valence-electron chi connectivity index (χ2n) is 7.51. The van der Waals surface area contributed by atoms with Crippen molar-refractivity contribution in [3.63, 3.8) is 0 Å². The van der Waals surface area contributed by atoms with Crippen LogP contribution in [0.2, 0.25) is 0 Å². The predicted octanol–water partition coefficient (Wildman–Crippen LogP) is 3.81. The van der Waals surface area contributed by atoms with Gasteiger partial charge >= 0.3 is 0 Å². The average Bonchev–Trinajstić information content (AvgIpc) is 2.39. The van der Waals surface area contributed by atoms with Crippen LogP contribution in [0.15, 0.2) is 0 Å². The van der Waals surface area contributed by atoms with Crippen LogP contribution in [0.4, 0.5) is 0 Å². The van der Waals surface area contributed by atoms with E-state index in [1.54, 1.807) is 0 Å². The lowest BCUT2D eigenvalue weighted by atomic mass is 9.79. The van der Waals surface area contributed by atoms with E-state index >= 15 is 0 Å². The molecule has 0 aromatic carbocycles. The van der Waals surface area contributed by atoms with E-state index in [2.05, 4.69) is 37.9 Å². The maximum Gasteiger partial charge on any atom is 0.0224 e. The molecule has 2 fully saturated rings. The molecule has 2 atom stereocenters. The van der Waals surface area contributed by atoms with Gasteiger partial charge in [-0.05, 0) is 38.5 Å². The fourth-order valence-corrected chi connectivity index (χ4v) is 4.22. The van der Waals surface area contributed by atoms with Gasteiger partial charge in [0.25, 0.3) is 0 Å². The molecule has 2 aliphatic rings. The van der Waals surface area contributed by atoms with Gasteiger partial charge < -0.3 is 5.32 Å². The van der Waals surface area contributed by atoms with Crippen molar-refractivity contribution in [2.24, 2.45) is 5.92 Å². The molecule has 0 aromatic heterocycles. The Labute approximate surface area is 120 Å². The summed E-state index contributed by atoms with van der Waals surface area (Å²) >= 11 is 0. The molecule has 2 nitrogen and oxygen atoms in total. The van der Waals surface area contributed by atoms with Crippen molar-refractivity contribution in [3.8, 4) is 0 Å². The normalized spacial score (nSPS) is 32.7. The quantitative estimate of drug-likeness (QED) is 0.832. The SMILES string of the molecule is CCC1CNC(CC(C)C)CN1C1(C)CCCCC1. The molecule has 2 unspecified atom stereocenters. The molecule has 1 saturated heterocycles. The zero-order chi connectivity index (χ0) is 13.9. The van der Waals surface area contributed by atoms with Crippen LogP contribution in [0.3, 0.4) is 0 Å². The third-order valence-electron chi connectivity index (χ3n) is 5.35. The lowest BCUT2D eigenvalue weighted by Crippen LogP contribution is -2.63. The maximum absolute atomic E-state index is 3.80. The van der Waals surface area contributed by atoms with E-state index in [4.69, 9.17) is 0 Å². The second kappa shape index (κ2) is 6.58. The molecule has 2 rings (SSSR count). The molecule has 0 bridgehead atoms. The molecule has 19 heavy (non-hydrogen) atoms. The summed E-state index contributed by atoms with van der Waals surface area (Å²) in [5.74, 6) is 0.802. The second-order valence-corrected chi connectivity index (χ2v) is 7.51. The summed E-state index contributed by atoms with van der Waals surface area (Å²) in [5, 5.41) is 3.80. The molecule has 0 amide bonds. The first kappa shape index (κ1) is 15.3. The van der Waals surface area contributed by atoms with E-state index in [0.717, 1.165) is 12.0 Å². The van der Waals surface area contributed by atoms with Gasteiger partial charge in [-0.1, -0.05) is 40.0 Å². The van der Waals surface area contributed by atoms with Crippen LogP contribution >= 0.6 is 0 Å². The minimum absolute atomic E-state index is 0.482. The Balaban J connectivity index is 2.04. The average molecular weight is 266 g/mol. The van der Waals surface area contributed by atoms with Gasteiger partial charge in [-0.25, -0.2) is 0 Å². The van der Waals surface area contributed by atoms with Crippen LogP contribution in [-0.4, -0.2) is 35.6 Å². The van der Waals surface area contributed by atoms with Gasteiger partial charge in [0.1, 0.15) is 0 Å². The fourth-order valence-electron chi connectivity index (χ4n) is 4.22. The topological polar surface area (TPSA) is 15.3 Å². The molecule has 1 aliphatic carbocycles. The van der Waals surface area contributed by atoms with E-state index in [1.807, 2.05) is 0 Å². The van der Waals surface area contributed by atoms with Gasteiger partial charge in [0.05, 0.1) is 0 Å². The smallest absolute Gasteiger partial charge is 0.0224 e. The zero-order valence-electron chi connectivity index (χ0n) is 13.5. The van der Waals surface area contributed by atoms with E-state index in [-0.39, 0.29) is 0 Å². The highest BCUT2D eigenvalue weighted by Crippen LogP contribution is 2.36. The van der Waals surface area contributed by atoms with Gasteiger partial charge in [-0.3, -0.25) is 4.90 Å². The molecule has 1 aliphatic heterocycles. The first-order valence-electron chi connectivity index (χ1n) is 8.55. The van der Waals surface area contributed by atoms with Crippen molar-refractivity contribution in [1.82, 2.24) is 10.2 Å². The standard InChI is InChI=1S/C17H34N2/c1-5-16-12-18-15(11-14(2)3)13-19(16)17(4)9-7-6-8-10-17/h14-16,18H,5-13H2,1-4H3. The highest BCUT2D eigenvalue weighted by Gasteiger charge is 2.40. The minimum Gasteiger partial charge on any atom is -0.311 e. The van der Waals surface area contributed by atoms with Crippen molar-refractivity contribution in [2.45, 2.75) is 90.3 Å². The van der Waals surface area contributed by atoms with Gasteiger partial charge in [0.15, 0.2) is 0 Å². The van der Waals surface area contributed by atoms with Crippen LogP contribution in [0.1, 0.15) is 72.6 Å². The van der Waals surface area contributed by atoms with E-state index < -0.39 is 0 Å². The lowest BCUT2D eigenvalue weighted by Gasteiger charge is -2.52. The van der Waals surface area contributed by atoms with E-state index in [9.17, 15) is 0 Å². The predicted molar refractivity (Wildman–Crippen MR) is 83.5 cm³/mol. The Morgan fingerprint density at radius 2 is 1.89 bits per heavy atom. The highest BCUT2D eigenvalue weighted by molar-refractivity contribution is 4.97. The van der Waals surface area contributed by atoms with Crippen LogP contribution < -0.4 is 5.32 Å². The Bertz CT molecular complexity index is 268. The number of rotatable bonds is 4. The van der Waals surface area contributed by atoms with E-state index in [1.165, 1.54) is 58.0 Å². The number of piperazine rings is 1. The highest BCUT2D eigenvalue weighted by atomic mass is 15.3. The van der Waals surface area contributed by atoms with Crippen LogP contribution in [0, 0.1) is 5.92 Å². The number of hydrogen-bond donors (Lipinski definition) is 1. The third-order valence-corrected chi connectivity index (χ3v) is 5.35. The van der Waals surface area contributed by atoms with E-state index in [0.29, 0.717) is 11.6 Å². The molecule has 0 radical (unpaired) electrons. The monoisotopic (exact) mass is 266 g/mol. The number of hydrogen-bond acceptors (Lipinski definition) is 2. The zero-order valence-corrected chi connectivity index (χ0v) is 13.5. The molecule has 0 aromatic rings. The molecule has 2 heteroatoms. The summed E-state index contributed by atoms with van der Waals surface area (Å²) < 4.78 is 0. The summed E-state index contributed by atoms with van der Waals surface area (Å²) in [6.07, 6.45) is 9.76. The van der Waals surface area contributed by atoms with Gasteiger partial charge in [-0.2, -0.15) is 0 Å². The van der Waals surface area contributed by atoms with Crippen LogP contribution in [0.25, 0.3) is 0 Å². The Morgan fingerprint density at radius 3 is 2.47 bits per heavy atom. The molecule has 112 valence electrons. The van der Waals surface area contributed by atoms with Crippen molar-refractivity contribution >= 4 is 0 Å². The maximum atomic E-state index is 3.80. The van der Waals surface area contributed by atoms with Gasteiger partial charge in [0, 0.05) is 30.7 Å². The van der Waals surface area contributed by atoms with Crippen molar-refractivity contribution < 1.29 is 0 Å². The lowest BCUT2D eigenvalue weighted by molar-refractivity contribution is -0.00713. The molecule has 0 spiro atoms. The van der Waals surface area contributed by atoms with Crippen molar-refractivity contribution in [2.75, 3.05) is 13.1 Å². The molecule has 1 N–H and O–H groups in total. The molecular weight excluding hydrogens is 232 g/mol. The summed E-state index contributed by atoms with van der Waals surface area (Å²) in [6, 6.07) is 1.47.